The van der Waals surface area contributed by atoms with E-state index in [2.05, 4.69) is 6.07 Å². The first-order chi connectivity index (χ1) is 6.54. The van der Waals surface area contributed by atoms with Gasteiger partial charge in [0.2, 0.25) is 0 Å². The third kappa shape index (κ3) is 4.15. The van der Waals surface area contributed by atoms with Crippen molar-refractivity contribution < 1.29 is 9.09 Å². The van der Waals surface area contributed by atoms with Crippen molar-refractivity contribution in [1.29, 1.82) is 5.26 Å². The SMILES string of the molecule is CC(C)N(C(C)C)C(C#N)COP=O. The number of nitrogens with zero attached hydrogens (tertiary/aromatic N) is 2. The Kier molecular flexibility index (Phi) is 6.65. The van der Waals surface area contributed by atoms with E-state index < -0.39 is 0 Å². The van der Waals surface area contributed by atoms with Gasteiger partial charge in [0.05, 0.1) is 12.7 Å². The zero-order chi connectivity index (χ0) is 11.1. The lowest BCUT2D eigenvalue weighted by Gasteiger charge is -2.33. The predicted molar refractivity (Wildman–Crippen MR) is 55.1 cm³/mol. The van der Waals surface area contributed by atoms with Crippen LogP contribution in [-0.4, -0.2) is 29.6 Å². The fraction of sp³-hybridized carbons (Fsp3) is 0.889. The lowest BCUT2D eigenvalue weighted by molar-refractivity contribution is 0.109. The molecule has 0 rings (SSSR count). The molecule has 0 aromatic carbocycles. The summed E-state index contributed by atoms with van der Waals surface area (Å²) in [7, 11) is -0.368. The number of rotatable bonds is 6. The highest BCUT2D eigenvalue weighted by Crippen LogP contribution is 2.12. The Morgan fingerprint density at radius 3 is 2.14 bits per heavy atom. The van der Waals surface area contributed by atoms with Crippen molar-refractivity contribution >= 4 is 8.69 Å². The van der Waals surface area contributed by atoms with Crippen LogP contribution in [-0.2, 0) is 9.09 Å². The summed E-state index contributed by atoms with van der Waals surface area (Å²) in [4.78, 5) is 2.03. The molecule has 1 atom stereocenters. The van der Waals surface area contributed by atoms with E-state index in [0.29, 0.717) is 0 Å². The summed E-state index contributed by atoms with van der Waals surface area (Å²) in [5, 5.41) is 8.94. The van der Waals surface area contributed by atoms with Crippen LogP contribution in [0.3, 0.4) is 0 Å². The van der Waals surface area contributed by atoms with Gasteiger partial charge in [-0.05, 0) is 27.7 Å². The quantitative estimate of drug-likeness (QED) is 0.639. The minimum atomic E-state index is -0.368. The molecule has 0 radical (unpaired) electrons. The lowest BCUT2D eigenvalue weighted by Crippen LogP contribution is -2.46. The molecule has 0 aliphatic carbocycles. The van der Waals surface area contributed by atoms with Crippen molar-refractivity contribution in [1.82, 2.24) is 4.90 Å². The lowest BCUT2D eigenvalue weighted by atomic mass is 10.1. The van der Waals surface area contributed by atoms with Crippen molar-refractivity contribution in [2.75, 3.05) is 6.61 Å². The molecule has 0 saturated carbocycles. The average molecular weight is 216 g/mol. The fourth-order valence-electron chi connectivity index (χ4n) is 1.61. The van der Waals surface area contributed by atoms with Crippen molar-refractivity contribution in [2.45, 2.75) is 45.8 Å². The molecule has 0 spiro atoms. The molecule has 80 valence electrons. The standard InChI is InChI=1S/C9H17N2O2P/c1-7(2)11(8(3)4)9(5-10)6-13-14-12/h7-9H,6H2,1-4H3. The number of hydrogen-bond donors (Lipinski definition) is 0. The minimum Gasteiger partial charge on any atom is -0.292 e. The molecule has 0 aliphatic heterocycles. The molecule has 0 aliphatic rings. The monoisotopic (exact) mass is 216 g/mol. The van der Waals surface area contributed by atoms with Crippen LogP contribution in [0.1, 0.15) is 27.7 Å². The second-order valence-electron chi connectivity index (χ2n) is 3.65. The molecule has 0 fully saturated rings. The summed E-state index contributed by atoms with van der Waals surface area (Å²) in [6, 6.07) is 2.36. The zero-order valence-corrected chi connectivity index (χ0v) is 9.99. The summed E-state index contributed by atoms with van der Waals surface area (Å²) in [6.07, 6.45) is 0. The van der Waals surface area contributed by atoms with Gasteiger partial charge in [-0.25, -0.2) is 4.57 Å². The molecule has 14 heavy (non-hydrogen) atoms. The van der Waals surface area contributed by atoms with Crippen LogP contribution in [0.2, 0.25) is 0 Å². The van der Waals surface area contributed by atoms with Gasteiger partial charge in [0.15, 0.2) is 0 Å². The van der Waals surface area contributed by atoms with Crippen LogP contribution in [0.25, 0.3) is 0 Å². The number of hydrogen-bond acceptors (Lipinski definition) is 4. The molecule has 5 heteroatoms. The van der Waals surface area contributed by atoms with E-state index in [1.165, 1.54) is 0 Å². The topological polar surface area (TPSA) is 53.3 Å². The van der Waals surface area contributed by atoms with Gasteiger partial charge in [-0.1, -0.05) is 0 Å². The highest BCUT2D eigenvalue weighted by atomic mass is 31.1. The van der Waals surface area contributed by atoms with Gasteiger partial charge >= 0.3 is 8.69 Å². The highest BCUT2D eigenvalue weighted by molar-refractivity contribution is 7.17. The zero-order valence-electron chi connectivity index (χ0n) is 9.10. The van der Waals surface area contributed by atoms with Crippen molar-refractivity contribution in [3.05, 3.63) is 0 Å². The van der Waals surface area contributed by atoms with Gasteiger partial charge in [0.25, 0.3) is 0 Å². The van der Waals surface area contributed by atoms with Crippen molar-refractivity contribution in [3.63, 3.8) is 0 Å². The van der Waals surface area contributed by atoms with Gasteiger partial charge in [-0.3, -0.25) is 9.42 Å². The first kappa shape index (κ1) is 13.5. The second kappa shape index (κ2) is 6.89. The molecule has 4 nitrogen and oxygen atoms in total. The van der Waals surface area contributed by atoms with Crippen LogP contribution in [0.4, 0.5) is 0 Å². The molecule has 0 aromatic rings. The Morgan fingerprint density at radius 2 is 1.86 bits per heavy atom. The summed E-state index contributed by atoms with van der Waals surface area (Å²) in [6.45, 7) is 8.29. The molecule has 0 bridgehead atoms. The summed E-state index contributed by atoms with van der Waals surface area (Å²) in [5.41, 5.74) is 0. The van der Waals surface area contributed by atoms with E-state index in [0.717, 1.165) is 0 Å². The molecule has 0 aromatic heterocycles. The smallest absolute Gasteiger partial charge is 0.292 e. The van der Waals surface area contributed by atoms with Crippen LogP contribution >= 0.6 is 8.69 Å². The normalized spacial score (nSPS) is 13.9. The van der Waals surface area contributed by atoms with Gasteiger partial charge < -0.3 is 0 Å². The van der Waals surface area contributed by atoms with Crippen LogP contribution in [0.15, 0.2) is 0 Å². The predicted octanol–water partition coefficient (Wildman–Crippen LogP) is 2.22. The first-order valence-electron chi connectivity index (χ1n) is 4.66. The Labute approximate surface area is 87.1 Å². The average Bonchev–Trinajstić information content (AvgIpc) is 2.10. The van der Waals surface area contributed by atoms with E-state index >= 15 is 0 Å². The van der Waals surface area contributed by atoms with Crippen LogP contribution in [0, 0.1) is 11.3 Å². The third-order valence-electron chi connectivity index (χ3n) is 1.99. The van der Waals surface area contributed by atoms with Crippen molar-refractivity contribution in [3.8, 4) is 6.07 Å². The minimum absolute atomic E-state index is 0.178. The van der Waals surface area contributed by atoms with Crippen molar-refractivity contribution in [2.24, 2.45) is 0 Å². The molecule has 0 amide bonds. The third-order valence-corrected chi connectivity index (χ3v) is 2.24. The maximum absolute atomic E-state index is 10.1. The molecular weight excluding hydrogens is 199 g/mol. The van der Waals surface area contributed by atoms with E-state index in [1.54, 1.807) is 0 Å². The second-order valence-corrected chi connectivity index (χ2v) is 4.06. The van der Waals surface area contributed by atoms with Crippen LogP contribution < -0.4 is 0 Å². The molecule has 0 N–H and O–H groups in total. The largest absolute Gasteiger partial charge is 0.327 e. The van der Waals surface area contributed by atoms with Gasteiger partial charge in [-0.2, -0.15) is 5.26 Å². The highest BCUT2D eigenvalue weighted by Gasteiger charge is 2.23. The Bertz CT molecular complexity index is 205. The maximum atomic E-state index is 10.1. The number of nitriles is 1. The van der Waals surface area contributed by atoms with E-state index in [1.807, 2.05) is 32.6 Å². The van der Waals surface area contributed by atoms with E-state index in [9.17, 15) is 4.57 Å². The van der Waals surface area contributed by atoms with Gasteiger partial charge in [0, 0.05) is 12.1 Å². The first-order valence-corrected chi connectivity index (χ1v) is 5.39. The molecule has 1 unspecified atom stereocenters. The van der Waals surface area contributed by atoms with Crippen LogP contribution in [0.5, 0.6) is 0 Å². The molecule has 0 heterocycles. The van der Waals surface area contributed by atoms with E-state index in [-0.39, 0.29) is 33.4 Å². The summed E-state index contributed by atoms with van der Waals surface area (Å²) in [5.74, 6) is 0. The summed E-state index contributed by atoms with van der Waals surface area (Å²) < 4.78 is 14.9. The molecule has 0 saturated heterocycles. The van der Waals surface area contributed by atoms with Gasteiger partial charge in [-0.15, -0.1) is 0 Å². The Balaban J connectivity index is 4.44. The molecular formula is C9H17N2O2P. The van der Waals surface area contributed by atoms with E-state index in [4.69, 9.17) is 9.79 Å². The van der Waals surface area contributed by atoms with Gasteiger partial charge in [0.1, 0.15) is 6.04 Å². The summed E-state index contributed by atoms with van der Waals surface area (Å²) >= 11 is 0. The Hall–Kier alpha value is -0.490. The Morgan fingerprint density at radius 1 is 1.36 bits per heavy atom. The fourth-order valence-corrected chi connectivity index (χ4v) is 1.81. The maximum Gasteiger partial charge on any atom is 0.327 e.